The van der Waals surface area contributed by atoms with E-state index in [1.807, 2.05) is 6.92 Å². The van der Waals surface area contributed by atoms with E-state index >= 15 is 0 Å². The highest BCUT2D eigenvalue weighted by Gasteiger charge is 2.23. The first-order valence-electron chi connectivity index (χ1n) is 3.59. The van der Waals surface area contributed by atoms with E-state index in [1.54, 1.807) is 4.90 Å². The molecule has 0 aromatic rings. The summed E-state index contributed by atoms with van der Waals surface area (Å²) in [5.41, 5.74) is 0. The van der Waals surface area contributed by atoms with Crippen molar-refractivity contribution in [2.45, 2.75) is 26.2 Å². The highest BCUT2D eigenvalue weighted by molar-refractivity contribution is 7.80. The van der Waals surface area contributed by atoms with E-state index in [-0.39, 0.29) is 5.91 Å². The molecule has 0 spiro atoms. The van der Waals surface area contributed by atoms with Gasteiger partial charge in [0.1, 0.15) is 0 Å². The van der Waals surface area contributed by atoms with Crippen molar-refractivity contribution in [2.75, 3.05) is 6.54 Å². The van der Waals surface area contributed by atoms with E-state index in [0.29, 0.717) is 6.42 Å². The van der Waals surface area contributed by atoms with E-state index < -0.39 is 0 Å². The Morgan fingerprint density at radius 1 is 1.60 bits per heavy atom. The van der Waals surface area contributed by atoms with E-state index in [2.05, 4.69) is 0 Å². The lowest BCUT2D eigenvalue weighted by atomic mass is 10.4. The number of thiocarbonyl (C=S) groups is 1. The average Bonchev–Trinajstić information content (AvgIpc) is 2.20. The van der Waals surface area contributed by atoms with Gasteiger partial charge < -0.3 is 4.90 Å². The zero-order valence-electron chi connectivity index (χ0n) is 6.09. The minimum Gasteiger partial charge on any atom is -0.307 e. The lowest BCUT2D eigenvalue weighted by molar-refractivity contribution is -0.125. The van der Waals surface area contributed by atoms with Gasteiger partial charge in [-0.05, 0) is 6.42 Å². The van der Waals surface area contributed by atoms with Crippen molar-refractivity contribution in [1.29, 1.82) is 0 Å². The number of hydrogen-bond acceptors (Lipinski definition) is 2. The Bertz CT molecular complexity index is 151. The second kappa shape index (κ2) is 3.10. The molecule has 0 bridgehead atoms. The van der Waals surface area contributed by atoms with E-state index in [0.717, 1.165) is 24.4 Å². The first-order chi connectivity index (χ1) is 4.75. The molecule has 0 unspecified atom stereocenters. The number of rotatable bonds is 2. The predicted octanol–water partition coefficient (Wildman–Crippen LogP) is 1.35. The van der Waals surface area contributed by atoms with Gasteiger partial charge in [0.25, 0.3) is 0 Å². The van der Waals surface area contributed by atoms with Gasteiger partial charge in [-0.3, -0.25) is 4.79 Å². The molecule has 1 aliphatic heterocycles. The van der Waals surface area contributed by atoms with Crippen LogP contribution in [0.3, 0.4) is 0 Å². The number of carbonyl (C=O) groups excluding carboxylic acids is 1. The molecule has 56 valence electrons. The van der Waals surface area contributed by atoms with Crippen molar-refractivity contribution in [3.63, 3.8) is 0 Å². The second-order valence-electron chi connectivity index (χ2n) is 2.44. The van der Waals surface area contributed by atoms with Gasteiger partial charge >= 0.3 is 0 Å². The first-order valence-corrected chi connectivity index (χ1v) is 3.99. The fraction of sp³-hybridized carbons (Fsp3) is 0.714. The van der Waals surface area contributed by atoms with Gasteiger partial charge in [0.2, 0.25) is 5.91 Å². The molecule has 1 fully saturated rings. The zero-order valence-corrected chi connectivity index (χ0v) is 6.91. The fourth-order valence-corrected chi connectivity index (χ4v) is 1.39. The highest BCUT2D eigenvalue weighted by Crippen LogP contribution is 2.13. The Balaban J connectivity index is 2.54. The molecular formula is C7H11NOS. The summed E-state index contributed by atoms with van der Waals surface area (Å²) in [6, 6.07) is 0. The van der Waals surface area contributed by atoms with Gasteiger partial charge in [0.05, 0.1) is 4.99 Å². The summed E-state index contributed by atoms with van der Waals surface area (Å²) in [5, 5.41) is 0. The van der Waals surface area contributed by atoms with Crippen LogP contribution >= 0.6 is 12.2 Å². The molecule has 1 aliphatic rings. The molecule has 0 saturated carbocycles. The number of carbonyl (C=O) groups is 1. The number of likely N-dealkylation sites (tertiary alicyclic amines) is 1. The molecule has 0 aliphatic carbocycles. The van der Waals surface area contributed by atoms with Crippen LogP contribution in [0, 0.1) is 0 Å². The molecule has 0 N–H and O–H groups in total. The largest absolute Gasteiger partial charge is 0.307 e. The molecule has 1 rings (SSSR count). The third-order valence-electron chi connectivity index (χ3n) is 1.60. The maximum absolute atomic E-state index is 11.0. The van der Waals surface area contributed by atoms with Crippen molar-refractivity contribution in [1.82, 2.24) is 4.90 Å². The minimum atomic E-state index is 0.201. The SMILES string of the molecule is CCCN1C(=O)CCC1=S. The molecule has 0 aromatic heterocycles. The Morgan fingerprint density at radius 3 is 2.70 bits per heavy atom. The van der Waals surface area contributed by atoms with Crippen molar-refractivity contribution >= 4 is 23.1 Å². The number of hydrogen-bond donors (Lipinski definition) is 0. The topological polar surface area (TPSA) is 20.3 Å². The lowest BCUT2D eigenvalue weighted by Crippen LogP contribution is -2.28. The van der Waals surface area contributed by atoms with E-state index in [1.165, 1.54) is 0 Å². The Labute approximate surface area is 66.2 Å². The molecule has 1 heterocycles. The fourth-order valence-electron chi connectivity index (χ4n) is 1.10. The summed E-state index contributed by atoms with van der Waals surface area (Å²) < 4.78 is 0. The number of nitrogens with zero attached hydrogens (tertiary/aromatic N) is 1. The third-order valence-corrected chi connectivity index (χ3v) is 2.03. The quantitative estimate of drug-likeness (QED) is 0.564. The van der Waals surface area contributed by atoms with Crippen molar-refractivity contribution in [2.24, 2.45) is 0 Å². The monoisotopic (exact) mass is 157 g/mol. The van der Waals surface area contributed by atoms with Crippen LogP contribution in [0.2, 0.25) is 0 Å². The van der Waals surface area contributed by atoms with E-state index in [9.17, 15) is 4.79 Å². The summed E-state index contributed by atoms with van der Waals surface area (Å²) >= 11 is 4.99. The van der Waals surface area contributed by atoms with Crippen LogP contribution < -0.4 is 0 Å². The van der Waals surface area contributed by atoms with Crippen molar-refractivity contribution in [3.05, 3.63) is 0 Å². The predicted molar refractivity (Wildman–Crippen MR) is 43.8 cm³/mol. The highest BCUT2D eigenvalue weighted by atomic mass is 32.1. The molecule has 0 aromatic carbocycles. The van der Waals surface area contributed by atoms with Gasteiger partial charge in [-0.15, -0.1) is 0 Å². The molecule has 10 heavy (non-hydrogen) atoms. The smallest absolute Gasteiger partial charge is 0.227 e. The average molecular weight is 157 g/mol. The maximum Gasteiger partial charge on any atom is 0.227 e. The van der Waals surface area contributed by atoms with Crippen LogP contribution in [0.15, 0.2) is 0 Å². The standard InChI is InChI=1S/C7H11NOS/c1-2-5-8-6(9)3-4-7(8)10/h2-5H2,1H3. The van der Waals surface area contributed by atoms with Crippen LogP contribution in [0.5, 0.6) is 0 Å². The summed E-state index contributed by atoms with van der Waals surface area (Å²) in [6.07, 6.45) is 2.40. The Kier molecular flexibility index (Phi) is 2.38. The van der Waals surface area contributed by atoms with Gasteiger partial charge in [-0.2, -0.15) is 0 Å². The normalized spacial score (nSPS) is 18.7. The molecule has 0 atom stereocenters. The van der Waals surface area contributed by atoms with Crippen LogP contribution in [0.4, 0.5) is 0 Å². The summed E-state index contributed by atoms with van der Waals surface area (Å²) in [7, 11) is 0. The summed E-state index contributed by atoms with van der Waals surface area (Å²) in [4.78, 5) is 13.6. The van der Waals surface area contributed by atoms with Gasteiger partial charge in [-0.25, -0.2) is 0 Å². The summed E-state index contributed by atoms with van der Waals surface area (Å²) in [5.74, 6) is 0.201. The lowest BCUT2D eigenvalue weighted by Gasteiger charge is -2.13. The van der Waals surface area contributed by atoms with Gasteiger partial charge in [0.15, 0.2) is 0 Å². The van der Waals surface area contributed by atoms with Gasteiger partial charge in [-0.1, -0.05) is 19.1 Å². The number of amides is 1. The molecule has 0 radical (unpaired) electrons. The van der Waals surface area contributed by atoms with Crippen molar-refractivity contribution in [3.8, 4) is 0 Å². The van der Waals surface area contributed by atoms with Crippen LogP contribution in [-0.4, -0.2) is 22.3 Å². The first kappa shape index (κ1) is 7.66. The van der Waals surface area contributed by atoms with Crippen molar-refractivity contribution < 1.29 is 4.79 Å². The maximum atomic E-state index is 11.0. The van der Waals surface area contributed by atoms with E-state index in [4.69, 9.17) is 12.2 Å². The van der Waals surface area contributed by atoms with Crippen LogP contribution in [0.25, 0.3) is 0 Å². The Hall–Kier alpha value is -0.440. The van der Waals surface area contributed by atoms with Crippen LogP contribution in [0.1, 0.15) is 26.2 Å². The molecule has 1 saturated heterocycles. The molecule has 1 amide bonds. The van der Waals surface area contributed by atoms with Crippen LogP contribution in [-0.2, 0) is 4.79 Å². The summed E-state index contributed by atoms with van der Waals surface area (Å²) in [6.45, 7) is 2.85. The third kappa shape index (κ3) is 1.34. The second-order valence-corrected chi connectivity index (χ2v) is 2.91. The Morgan fingerprint density at radius 2 is 2.30 bits per heavy atom. The molecule has 3 heteroatoms. The molecular weight excluding hydrogens is 146 g/mol. The minimum absolute atomic E-state index is 0.201. The zero-order chi connectivity index (χ0) is 7.56. The van der Waals surface area contributed by atoms with Gasteiger partial charge in [0, 0.05) is 19.4 Å². The molecule has 2 nitrogen and oxygen atoms in total.